The van der Waals surface area contributed by atoms with Gasteiger partial charge >= 0.3 is 6.03 Å². The molecule has 2 amide bonds. The van der Waals surface area contributed by atoms with Crippen molar-refractivity contribution in [3.05, 3.63) is 42.0 Å². The molecule has 0 saturated carbocycles. The first kappa shape index (κ1) is 13.9. The number of ether oxygens (including phenoxy) is 1. The third-order valence-corrected chi connectivity index (χ3v) is 2.76. The second-order valence-electron chi connectivity index (χ2n) is 4.28. The van der Waals surface area contributed by atoms with Crippen LogP contribution in [-0.2, 0) is 0 Å². The van der Waals surface area contributed by atoms with Gasteiger partial charge in [0.05, 0.1) is 12.8 Å². The molecule has 0 aliphatic rings. The van der Waals surface area contributed by atoms with Gasteiger partial charge in [0, 0.05) is 5.56 Å². The molecule has 2 aromatic carbocycles. The number of primary amides is 1. The molecule has 20 heavy (non-hydrogen) atoms. The highest BCUT2D eigenvalue weighted by Gasteiger charge is 2.06. The number of urea groups is 1. The first-order valence-electron chi connectivity index (χ1n) is 6.45. The molecule has 3 N–H and O–H groups in total. The molecular weight excluding hydrogens is 254 g/mol. The Morgan fingerprint density at radius 2 is 2.15 bits per heavy atom. The molecule has 0 bridgehead atoms. The van der Waals surface area contributed by atoms with E-state index >= 15 is 0 Å². The number of hydrazone groups is 1. The molecule has 0 saturated heterocycles. The van der Waals surface area contributed by atoms with Gasteiger partial charge in [-0.1, -0.05) is 37.3 Å². The minimum absolute atomic E-state index is 0.627. The number of hydrogen-bond donors (Lipinski definition) is 2. The van der Waals surface area contributed by atoms with Gasteiger partial charge in [-0.05, 0) is 23.3 Å². The molecule has 0 heterocycles. The fourth-order valence-electron chi connectivity index (χ4n) is 1.91. The standard InChI is InChI=1S/C15H17N3O2/c1-2-9-20-14-8-7-11-5-3-4-6-12(11)13(14)10-17-18-15(16)19/h3-8,10H,2,9H2,1H3,(H3,16,18,19)/b17-10-. The van der Waals surface area contributed by atoms with Crippen LogP contribution in [0.25, 0.3) is 10.8 Å². The van der Waals surface area contributed by atoms with Crippen LogP contribution >= 0.6 is 0 Å². The van der Waals surface area contributed by atoms with Gasteiger partial charge < -0.3 is 10.5 Å². The Kier molecular flexibility index (Phi) is 4.55. The fraction of sp³-hybridized carbons (Fsp3) is 0.200. The van der Waals surface area contributed by atoms with E-state index < -0.39 is 6.03 Å². The molecule has 2 aromatic rings. The van der Waals surface area contributed by atoms with Crippen molar-refractivity contribution in [1.82, 2.24) is 5.43 Å². The first-order chi connectivity index (χ1) is 9.72. The molecule has 5 heteroatoms. The van der Waals surface area contributed by atoms with Crippen LogP contribution in [0, 0.1) is 0 Å². The highest BCUT2D eigenvalue weighted by Crippen LogP contribution is 2.26. The zero-order valence-corrected chi connectivity index (χ0v) is 11.3. The van der Waals surface area contributed by atoms with E-state index in [0.29, 0.717) is 6.61 Å². The molecule has 0 fully saturated rings. The van der Waals surface area contributed by atoms with Crippen LogP contribution in [-0.4, -0.2) is 18.9 Å². The molecule has 5 nitrogen and oxygen atoms in total. The van der Waals surface area contributed by atoms with E-state index in [-0.39, 0.29) is 0 Å². The minimum atomic E-state index is -0.697. The van der Waals surface area contributed by atoms with Crippen LogP contribution < -0.4 is 15.9 Å². The maximum Gasteiger partial charge on any atom is 0.332 e. The van der Waals surface area contributed by atoms with Gasteiger partial charge in [0.15, 0.2) is 0 Å². The number of nitrogens with two attached hydrogens (primary N) is 1. The van der Waals surface area contributed by atoms with E-state index in [1.807, 2.05) is 43.3 Å². The Morgan fingerprint density at radius 1 is 1.35 bits per heavy atom. The van der Waals surface area contributed by atoms with E-state index in [4.69, 9.17) is 10.5 Å². The van der Waals surface area contributed by atoms with Crippen molar-refractivity contribution in [3.8, 4) is 5.75 Å². The smallest absolute Gasteiger partial charge is 0.332 e. The van der Waals surface area contributed by atoms with Crippen LogP contribution in [0.3, 0.4) is 0 Å². The topological polar surface area (TPSA) is 76.7 Å². The summed E-state index contributed by atoms with van der Waals surface area (Å²) in [5, 5.41) is 5.92. The van der Waals surface area contributed by atoms with Gasteiger partial charge in [-0.3, -0.25) is 0 Å². The lowest BCUT2D eigenvalue weighted by atomic mass is 10.0. The van der Waals surface area contributed by atoms with Crippen molar-refractivity contribution >= 4 is 23.0 Å². The predicted molar refractivity (Wildman–Crippen MR) is 80.0 cm³/mol. The lowest BCUT2D eigenvalue weighted by Gasteiger charge is -2.10. The summed E-state index contributed by atoms with van der Waals surface area (Å²) in [6, 6.07) is 11.1. The summed E-state index contributed by atoms with van der Waals surface area (Å²) >= 11 is 0. The number of nitrogens with zero attached hydrogens (tertiary/aromatic N) is 1. The lowest BCUT2D eigenvalue weighted by molar-refractivity contribution is 0.249. The normalized spacial score (nSPS) is 10.8. The van der Waals surface area contributed by atoms with E-state index in [9.17, 15) is 4.79 Å². The van der Waals surface area contributed by atoms with Gasteiger partial charge in [-0.2, -0.15) is 5.10 Å². The number of benzene rings is 2. The van der Waals surface area contributed by atoms with E-state index in [2.05, 4.69) is 10.5 Å². The SMILES string of the molecule is CCCOc1ccc2ccccc2c1/C=N\NC(N)=O. The van der Waals surface area contributed by atoms with Gasteiger partial charge in [-0.15, -0.1) is 0 Å². The highest BCUT2D eigenvalue weighted by atomic mass is 16.5. The Morgan fingerprint density at radius 3 is 2.90 bits per heavy atom. The van der Waals surface area contributed by atoms with Gasteiger partial charge in [0.1, 0.15) is 5.75 Å². The maximum atomic E-state index is 10.7. The molecule has 0 atom stereocenters. The second-order valence-corrected chi connectivity index (χ2v) is 4.28. The van der Waals surface area contributed by atoms with Crippen LogP contribution in [0.1, 0.15) is 18.9 Å². The summed E-state index contributed by atoms with van der Waals surface area (Å²) in [6.07, 6.45) is 2.47. The first-order valence-corrected chi connectivity index (χ1v) is 6.45. The minimum Gasteiger partial charge on any atom is -0.493 e. The lowest BCUT2D eigenvalue weighted by Crippen LogP contribution is -2.24. The molecule has 104 valence electrons. The molecule has 0 aromatic heterocycles. The van der Waals surface area contributed by atoms with Gasteiger partial charge in [0.2, 0.25) is 0 Å². The number of rotatable bonds is 5. The zero-order valence-electron chi connectivity index (χ0n) is 11.3. The van der Waals surface area contributed by atoms with Crippen molar-refractivity contribution in [2.75, 3.05) is 6.61 Å². The zero-order chi connectivity index (χ0) is 14.4. The van der Waals surface area contributed by atoms with E-state index in [0.717, 1.165) is 28.5 Å². The number of amides is 2. The van der Waals surface area contributed by atoms with Crippen LogP contribution in [0.4, 0.5) is 4.79 Å². The molecule has 0 unspecified atom stereocenters. The number of fused-ring (bicyclic) bond motifs is 1. The maximum absolute atomic E-state index is 10.7. The fourth-order valence-corrected chi connectivity index (χ4v) is 1.91. The predicted octanol–water partition coefficient (Wildman–Crippen LogP) is 2.63. The monoisotopic (exact) mass is 271 g/mol. The Balaban J connectivity index is 2.43. The van der Waals surface area contributed by atoms with E-state index in [1.165, 1.54) is 0 Å². The number of hydrogen-bond acceptors (Lipinski definition) is 3. The number of carbonyl (C=O) groups excluding carboxylic acids is 1. The second kappa shape index (κ2) is 6.56. The number of carbonyl (C=O) groups is 1. The van der Waals surface area contributed by atoms with Crippen LogP contribution in [0.15, 0.2) is 41.5 Å². The molecule has 0 aliphatic carbocycles. The molecular formula is C15H17N3O2. The summed E-state index contributed by atoms with van der Waals surface area (Å²) < 4.78 is 5.72. The summed E-state index contributed by atoms with van der Waals surface area (Å²) in [4.78, 5) is 10.7. The summed E-state index contributed by atoms with van der Waals surface area (Å²) in [6.45, 7) is 2.67. The van der Waals surface area contributed by atoms with Crippen LogP contribution in [0.2, 0.25) is 0 Å². The average Bonchev–Trinajstić information content (AvgIpc) is 2.45. The molecule has 0 spiro atoms. The van der Waals surface area contributed by atoms with Crippen molar-refractivity contribution in [1.29, 1.82) is 0 Å². The van der Waals surface area contributed by atoms with Gasteiger partial charge in [-0.25, -0.2) is 10.2 Å². The Hall–Kier alpha value is -2.56. The van der Waals surface area contributed by atoms with Crippen molar-refractivity contribution in [3.63, 3.8) is 0 Å². The largest absolute Gasteiger partial charge is 0.493 e. The number of nitrogens with one attached hydrogen (secondary N) is 1. The van der Waals surface area contributed by atoms with Gasteiger partial charge in [0.25, 0.3) is 0 Å². The molecule has 0 radical (unpaired) electrons. The van der Waals surface area contributed by atoms with Crippen molar-refractivity contribution in [2.24, 2.45) is 10.8 Å². The third-order valence-electron chi connectivity index (χ3n) is 2.76. The Bertz CT molecular complexity index is 638. The average molecular weight is 271 g/mol. The Labute approximate surface area is 117 Å². The van der Waals surface area contributed by atoms with Crippen molar-refractivity contribution < 1.29 is 9.53 Å². The van der Waals surface area contributed by atoms with Crippen molar-refractivity contribution in [2.45, 2.75) is 13.3 Å². The van der Waals surface area contributed by atoms with Crippen LogP contribution in [0.5, 0.6) is 5.75 Å². The quantitative estimate of drug-likeness (QED) is 0.647. The summed E-state index contributed by atoms with van der Waals surface area (Å²) in [5.74, 6) is 0.737. The van der Waals surface area contributed by atoms with E-state index in [1.54, 1.807) is 6.21 Å². The summed E-state index contributed by atoms with van der Waals surface area (Å²) in [5.41, 5.74) is 8.01. The molecule has 0 aliphatic heterocycles. The third kappa shape index (κ3) is 3.26. The summed E-state index contributed by atoms with van der Waals surface area (Å²) in [7, 11) is 0. The highest BCUT2D eigenvalue weighted by molar-refractivity contribution is 6.02. The molecule has 2 rings (SSSR count).